The van der Waals surface area contributed by atoms with E-state index in [4.69, 9.17) is 11.6 Å². The van der Waals surface area contributed by atoms with Crippen molar-refractivity contribution >= 4 is 27.5 Å². The Morgan fingerprint density at radius 2 is 2.17 bits per heavy atom. The summed E-state index contributed by atoms with van der Waals surface area (Å²) in [5.74, 6) is 1.73. The minimum atomic E-state index is 0.388. The molecular formula is C10H16BrCl. The first-order valence-electron chi connectivity index (χ1n) is 4.74. The third-order valence-corrected chi connectivity index (χ3v) is 6.30. The van der Waals surface area contributed by atoms with E-state index in [1.807, 2.05) is 0 Å². The molecule has 0 aromatic rings. The molecule has 2 rings (SSSR count). The molecule has 2 bridgehead atoms. The van der Waals surface area contributed by atoms with Crippen molar-refractivity contribution in [2.75, 3.05) is 5.88 Å². The van der Waals surface area contributed by atoms with Gasteiger partial charge in [0.05, 0.1) is 0 Å². The van der Waals surface area contributed by atoms with Gasteiger partial charge in [-0.25, -0.2) is 0 Å². The molecule has 0 heterocycles. The summed E-state index contributed by atoms with van der Waals surface area (Å²) >= 11 is 9.94. The van der Waals surface area contributed by atoms with Crippen molar-refractivity contribution in [3.05, 3.63) is 0 Å². The van der Waals surface area contributed by atoms with Gasteiger partial charge in [-0.15, -0.1) is 11.6 Å². The summed E-state index contributed by atoms with van der Waals surface area (Å²) in [5, 5.41) is 0. The predicted octanol–water partition coefficient (Wildman–Crippen LogP) is 3.82. The third-order valence-electron chi connectivity index (χ3n) is 4.57. The van der Waals surface area contributed by atoms with Crippen LogP contribution in [0.1, 0.15) is 33.1 Å². The van der Waals surface area contributed by atoms with Gasteiger partial charge in [0, 0.05) is 16.1 Å². The van der Waals surface area contributed by atoms with Crippen molar-refractivity contribution in [1.29, 1.82) is 0 Å². The van der Waals surface area contributed by atoms with Gasteiger partial charge in [0.25, 0.3) is 0 Å². The Hall–Kier alpha value is 0.770. The summed E-state index contributed by atoms with van der Waals surface area (Å²) in [6.45, 7) is 4.79. The molecule has 0 aliphatic heterocycles. The zero-order valence-corrected chi connectivity index (χ0v) is 10.1. The van der Waals surface area contributed by atoms with Gasteiger partial charge in [0.2, 0.25) is 0 Å². The molecule has 2 heteroatoms. The lowest BCUT2D eigenvalue weighted by molar-refractivity contribution is 0.162. The van der Waals surface area contributed by atoms with E-state index in [0.29, 0.717) is 15.7 Å². The first-order chi connectivity index (χ1) is 5.54. The fourth-order valence-electron chi connectivity index (χ4n) is 3.29. The summed E-state index contributed by atoms with van der Waals surface area (Å²) in [4.78, 5) is 0.663. The highest BCUT2D eigenvalue weighted by molar-refractivity contribution is 9.09. The average molecular weight is 252 g/mol. The van der Waals surface area contributed by atoms with Crippen molar-refractivity contribution in [3.63, 3.8) is 0 Å². The molecule has 0 aromatic carbocycles. The predicted molar refractivity (Wildman–Crippen MR) is 57.0 cm³/mol. The van der Waals surface area contributed by atoms with E-state index in [1.165, 1.54) is 19.3 Å². The fraction of sp³-hybridized carbons (Fsp3) is 1.00. The number of halogens is 2. The van der Waals surface area contributed by atoms with Crippen LogP contribution in [0.3, 0.4) is 0 Å². The van der Waals surface area contributed by atoms with Crippen molar-refractivity contribution < 1.29 is 0 Å². The molecule has 0 aromatic heterocycles. The van der Waals surface area contributed by atoms with E-state index in [1.54, 1.807) is 0 Å². The molecule has 12 heavy (non-hydrogen) atoms. The molecule has 0 saturated heterocycles. The molecule has 0 radical (unpaired) electrons. The molecular weight excluding hydrogens is 235 g/mol. The van der Waals surface area contributed by atoms with Gasteiger partial charge in [-0.2, -0.15) is 0 Å². The number of hydrogen-bond acceptors (Lipinski definition) is 0. The van der Waals surface area contributed by atoms with E-state index in [0.717, 1.165) is 11.8 Å². The number of fused-ring (bicyclic) bond motifs is 2. The Kier molecular flexibility index (Phi) is 2.05. The average Bonchev–Trinajstić information content (AvgIpc) is 2.36. The zero-order chi connectivity index (χ0) is 8.98. The van der Waals surface area contributed by atoms with Crippen LogP contribution in [-0.2, 0) is 0 Å². The fourth-order valence-corrected chi connectivity index (χ4v) is 5.57. The standard InChI is InChI=1S/C10H16BrCl/c1-9(2)7-3-4-10(9,6-12)8(11)5-7/h7-8H,3-6H2,1-2H3/t7-,8-,10-/m1/s1. The van der Waals surface area contributed by atoms with Crippen LogP contribution in [0, 0.1) is 16.7 Å². The molecule has 0 unspecified atom stereocenters. The summed E-state index contributed by atoms with van der Waals surface area (Å²) in [6, 6.07) is 0. The van der Waals surface area contributed by atoms with E-state index in [9.17, 15) is 0 Å². The van der Waals surface area contributed by atoms with Gasteiger partial charge in [0.1, 0.15) is 0 Å². The number of rotatable bonds is 1. The molecule has 0 spiro atoms. The highest BCUT2D eigenvalue weighted by atomic mass is 79.9. The minimum Gasteiger partial charge on any atom is -0.126 e. The Labute approximate surface area is 88.2 Å². The molecule has 2 aliphatic carbocycles. The highest BCUT2D eigenvalue weighted by Gasteiger charge is 2.62. The second-order valence-corrected chi connectivity index (χ2v) is 6.32. The Bertz CT molecular complexity index is 202. The third kappa shape index (κ3) is 0.850. The van der Waals surface area contributed by atoms with Crippen LogP contribution in [0.2, 0.25) is 0 Å². The number of hydrogen-bond donors (Lipinski definition) is 0. The lowest BCUT2D eigenvalue weighted by atomic mass is 9.71. The van der Waals surface area contributed by atoms with Gasteiger partial charge >= 0.3 is 0 Å². The molecule has 70 valence electrons. The van der Waals surface area contributed by atoms with Gasteiger partial charge in [-0.05, 0) is 30.6 Å². The van der Waals surface area contributed by atoms with Crippen LogP contribution >= 0.6 is 27.5 Å². The zero-order valence-electron chi connectivity index (χ0n) is 7.74. The van der Waals surface area contributed by atoms with Gasteiger partial charge in [-0.1, -0.05) is 29.8 Å². The second-order valence-electron chi connectivity index (χ2n) is 4.95. The summed E-state index contributed by atoms with van der Waals surface area (Å²) in [5.41, 5.74) is 0.849. The lowest BCUT2D eigenvalue weighted by Crippen LogP contribution is -2.37. The van der Waals surface area contributed by atoms with Gasteiger partial charge in [0.15, 0.2) is 0 Å². The monoisotopic (exact) mass is 250 g/mol. The summed E-state index contributed by atoms with van der Waals surface area (Å²) < 4.78 is 0. The van der Waals surface area contributed by atoms with Crippen LogP contribution in [0.5, 0.6) is 0 Å². The lowest BCUT2D eigenvalue weighted by Gasteiger charge is -2.38. The van der Waals surface area contributed by atoms with Crippen molar-refractivity contribution in [2.45, 2.75) is 37.9 Å². The first kappa shape index (κ1) is 9.33. The maximum atomic E-state index is 6.14. The van der Waals surface area contributed by atoms with Gasteiger partial charge < -0.3 is 0 Å². The van der Waals surface area contributed by atoms with Crippen LogP contribution in [0.15, 0.2) is 0 Å². The SMILES string of the molecule is CC1(C)[C@@H]2CC[C@@]1(CCl)[C@H](Br)C2. The highest BCUT2D eigenvalue weighted by Crippen LogP contribution is 2.67. The van der Waals surface area contributed by atoms with Crippen molar-refractivity contribution in [3.8, 4) is 0 Å². The van der Waals surface area contributed by atoms with Crippen molar-refractivity contribution in [2.24, 2.45) is 16.7 Å². The molecule has 0 N–H and O–H groups in total. The van der Waals surface area contributed by atoms with Crippen LogP contribution in [-0.4, -0.2) is 10.7 Å². The topological polar surface area (TPSA) is 0 Å². The van der Waals surface area contributed by atoms with E-state index >= 15 is 0 Å². The number of alkyl halides is 2. The van der Waals surface area contributed by atoms with Crippen molar-refractivity contribution in [1.82, 2.24) is 0 Å². The maximum absolute atomic E-state index is 6.14. The Balaban J connectivity index is 2.39. The normalized spacial score (nSPS) is 50.0. The van der Waals surface area contributed by atoms with Gasteiger partial charge in [-0.3, -0.25) is 0 Å². The molecule has 2 aliphatic rings. The smallest absolute Gasteiger partial charge is 0.0295 e. The molecule has 3 atom stereocenters. The Morgan fingerprint density at radius 3 is 2.42 bits per heavy atom. The first-order valence-corrected chi connectivity index (χ1v) is 6.19. The quantitative estimate of drug-likeness (QED) is 0.622. The Morgan fingerprint density at radius 1 is 1.50 bits per heavy atom. The minimum absolute atomic E-state index is 0.388. The van der Waals surface area contributed by atoms with Crippen LogP contribution in [0.4, 0.5) is 0 Å². The molecule has 2 saturated carbocycles. The second kappa shape index (κ2) is 2.63. The van der Waals surface area contributed by atoms with Crippen LogP contribution < -0.4 is 0 Å². The largest absolute Gasteiger partial charge is 0.126 e. The van der Waals surface area contributed by atoms with Crippen LogP contribution in [0.25, 0.3) is 0 Å². The molecule has 2 fully saturated rings. The summed E-state index contributed by atoms with van der Waals surface area (Å²) in [7, 11) is 0. The van der Waals surface area contributed by atoms with E-state index in [2.05, 4.69) is 29.8 Å². The molecule has 0 amide bonds. The van der Waals surface area contributed by atoms with E-state index in [-0.39, 0.29) is 0 Å². The maximum Gasteiger partial charge on any atom is 0.0295 e. The molecule has 0 nitrogen and oxygen atoms in total. The summed E-state index contributed by atoms with van der Waals surface area (Å²) in [6.07, 6.45) is 4.05. The van der Waals surface area contributed by atoms with E-state index < -0.39 is 0 Å².